The van der Waals surface area contributed by atoms with Gasteiger partial charge in [-0.05, 0) is 12.8 Å². The Balaban J connectivity index is 0.000000120. The molecule has 0 aliphatic carbocycles. The van der Waals surface area contributed by atoms with E-state index >= 15 is 0 Å². The van der Waals surface area contributed by atoms with Crippen LogP contribution in [0.4, 0.5) is 0 Å². The molecule has 1 aliphatic rings. The average molecular weight is 179 g/mol. The van der Waals surface area contributed by atoms with Crippen molar-refractivity contribution in [3.05, 3.63) is 36.4 Å². The van der Waals surface area contributed by atoms with Gasteiger partial charge in [0.15, 0.2) is 0 Å². The lowest BCUT2D eigenvalue weighted by Crippen LogP contribution is -2.10. The molecule has 1 N–H and O–H groups in total. The Labute approximate surface area is 78.8 Å². The molecule has 0 aromatic heterocycles. The summed E-state index contributed by atoms with van der Waals surface area (Å²) >= 11 is 4.81. The van der Waals surface area contributed by atoms with Crippen molar-refractivity contribution in [2.45, 2.75) is 12.8 Å². The lowest BCUT2D eigenvalue weighted by atomic mass is 10.4. The molecule has 1 nitrogen and oxygen atoms in total. The molecular formula is C10H13NS. The van der Waals surface area contributed by atoms with E-state index in [1.165, 1.54) is 6.42 Å². The molecule has 0 amide bonds. The van der Waals surface area contributed by atoms with Crippen molar-refractivity contribution < 1.29 is 0 Å². The zero-order chi connectivity index (χ0) is 8.65. The molecule has 2 rings (SSSR count). The van der Waals surface area contributed by atoms with Gasteiger partial charge in [-0.1, -0.05) is 48.6 Å². The van der Waals surface area contributed by atoms with Crippen LogP contribution in [0.25, 0.3) is 0 Å². The van der Waals surface area contributed by atoms with Gasteiger partial charge in [-0.3, -0.25) is 0 Å². The summed E-state index contributed by atoms with van der Waals surface area (Å²) in [4.78, 5) is 1.04. The van der Waals surface area contributed by atoms with E-state index in [0.717, 1.165) is 18.0 Å². The number of hydrogen-bond donors (Lipinski definition) is 1. The molecule has 2 heteroatoms. The lowest BCUT2D eigenvalue weighted by Gasteiger charge is -1.84. The van der Waals surface area contributed by atoms with Gasteiger partial charge in [-0.2, -0.15) is 0 Å². The monoisotopic (exact) mass is 179 g/mol. The fourth-order valence-electron chi connectivity index (χ4n) is 0.950. The van der Waals surface area contributed by atoms with Crippen molar-refractivity contribution in [1.82, 2.24) is 5.32 Å². The molecule has 64 valence electrons. The molecule has 1 heterocycles. The Morgan fingerprint density at radius 1 is 1.00 bits per heavy atom. The molecule has 0 radical (unpaired) electrons. The number of thiocarbonyl (C=S) groups is 1. The van der Waals surface area contributed by atoms with Crippen molar-refractivity contribution in [3.63, 3.8) is 0 Å². The van der Waals surface area contributed by atoms with Crippen molar-refractivity contribution in [2.24, 2.45) is 0 Å². The van der Waals surface area contributed by atoms with Gasteiger partial charge < -0.3 is 5.32 Å². The fraction of sp³-hybridized carbons (Fsp3) is 0.300. The Hall–Kier alpha value is -0.890. The molecule has 1 aliphatic heterocycles. The second kappa shape index (κ2) is 5.72. The van der Waals surface area contributed by atoms with Crippen LogP contribution in [0.2, 0.25) is 0 Å². The quantitative estimate of drug-likeness (QED) is 0.614. The third-order valence-corrected chi connectivity index (χ3v) is 1.92. The molecule has 1 aromatic carbocycles. The number of hydrogen-bond acceptors (Lipinski definition) is 1. The van der Waals surface area contributed by atoms with Gasteiger partial charge in [0.2, 0.25) is 0 Å². The summed E-state index contributed by atoms with van der Waals surface area (Å²) in [5, 5.41) is 3.05. The Morgan fingerprint density at radius 2 is 1.50 bits per heavy atom. The van der Waals surface area contributed by atoms with Crippen LogP contribution >= 0.6 is 12.2 Å². The first kappa shape index (κ1) is 9.20. The first-order valence-corrected chi connectivity index (χ1v) is 4.57. The number of rotatable bonds is 0. The molecule has 12 heavy (non-hydrogen) atoms. The van der Waals surface area contributed by atoms with E-state index in [4.69, 9.17) is 12.2 Å². The summed E-state index contributed by atoms with van der Waals surface area (Å²) < 4.78 is 0. The highest BCUT2D eigenvalue weighted by Gasteiger charge is 2.01. The largest absolute Gasteiger partial charge is 0.380 e. The predicted molar refractivity (Wildman–Crippen MR) is 56.3 cm³/mol. The van der Waals surface area contributed by atoms with Gasteiger partial charge in [-0.25, -0.2) is 0 Å². The highest BCUT2D eigenvalue weighted by atomic mass is 32.1. The summed E-state index contributed by atoms with van der Waals surface area (Å²) in [5.41, 5.74) is 0. The zero-order valence-corrected chi connectivity index (χ0v) is 7.81. The fourth-order valence-corrected chi connectivity index (χ4v) is 1.20. The van der Waals surface area contributed by atoms with Crippen LogP contribution < -0.4 is 5.32 Å². The van der Waals surface area contributed by atoms with Crippen LogP contribution in [0.1, 0.15) is 12.8 Å². The van der Waals surface area contributed by atoms with Crippen molar-refractivity contribution in [3.8, 4) is 0 Å². The SMILES string of the molecule is S=C1CCCN1.c1ccccc1. The minimum absolute atomic E-state index is 1.04. The van der Waals surface area contributed by atoms with E-state index in [9.17, 15) is 0 Å². The van der Waals surface area contributed by atoms with Gasteiger partial charge in [0.25, 0.3) is 0 Å². The third kappa shape index (κ3) is 4.09. The number of benzene rings is 1. The van der Waals surface area contributed by atoms with Crippen LogP contribution in [-0.4, -0.2) is 11.5 Å². The maximum Gasteiger partial charge on any atom is 0.0754 e. The van der Waals surface area contributed by atoms with Crippen LogP contribution in [0, 0.1) is 0 Å². The molecular weight excluding hydrogens is 166 g/mol. The topological polar surface area (TPSA) is 12.0 Å². The van der Waals surface area contributed by atoms with Crippen molar-refractivity contribution in [2.75, 3.05) is 6.54 Å². The number of nitrogens with one attached hydrogen (secondary N) is 1. The second-order valence-electron chi connectivity index (χ2n) is 2.61. The molecule has 0 atom stereocenters. The van der Waals surface area contributed by atoms with Gasteiger partial charge >= 0.3 is 0 Å². The molecule has 1 saturated heterocycles. The predicted octanol–water partition coefficient (Wildman–Crippen LogP) is 2.38. The maximum atomic E-state index is 4.81. The molecule has 0 bridgehead atoms. The van der Waals surface area contributed by atoms with Gasteiger partial charge in [0, 0.05) is 6.54 Å². The molecule has 1 aromatic rings. The average Bonchev–Trinajstić information content (AvgIpc) is 2.60. The van der Waals surface area contributed by atoms with Crippen molar-refractivity contribution in [1.29, 1.82) is 0 Å². The van der Waals surface area contributed by atoms with Crippen molar-refractivity contribution >= 4 is 17.2 Å². The minimum atomic E-state index is 1.04. The van der Waals surface area contributed by atoms with Gasteiger partial charge in [-0.15, -0.1) is 0 Å². The summed E-state index contributed by atoms with van der Waals surface area (Å²) in [5.74, 6) is 0. The molecule has 0 saturated carbocycles. The molecule has 0 unspecified atom stereocenters. The summed E-state index contributed by atoms with van der Waals surface area (Å²) in [6.07, 6.45) is 2.34. The van der Waals surface area contributed by atoms with E-state index in [2.05, 4.69) is 5.32 Å². The Morgan fingerprint density at radius 3 is 1.67 bits per heavy atom. The lowest BCUT2D eigenvalue weighted by molar-refractivity contribution is 0.913. The van der Waals surface area contributed by atoms with E-state index in [1.807, 2.05) is 36.4 Å². The van der Waals surface area contributed by atoms with Crippen LogP contribution in [0.3, 0.4) is 0 Å². The van der Waals surface area contributed by atoms with Gasteiger partial charge in [0.05, 0.1) is 4.99 Å². The standard InChI is InChI=1S/C6H6.C4H7NS/c1-2-4-6-5-3-1;6-4-2-1-3-5-4/h1-6H;1-3H2,(H,5,6). The van der Waals surface area contributed by atoms with E-state index in [1.54, 1.807) is 0 Å². The first-order chi connectivity index (χ1) is 5.89. The van der Waals surface area contributed by atoms with E-state index in [-0.39, 0.29) is 0 Å². The van der Waals surface area contributed by atoms with Gasteiger partial charge in [0.1, 0.15) is 0 Å². The second-order valence-corrected chi connectivity index (χ2v) is 3.10. The minimum Gasteiger partial charge on any atom is -0.380 e. The normalized spacial score (nSPS) is 14.5. The smallest absolute Gasteiger partial charge is 0.0754 e. The summed E-state index contributed by atoms with van der Waals surface area (Å²) in [7, 11) is 0. The first-order valence-electron chi connectivity index (χ1n) is 4.16. The highest BCUT2D eigenvalue weighted by Crippen LogP contribution is 1.96. The van der Waals surface area contributed by atoms with E-state index in [0.29, 0.717) is 0 Å². The molecule has 0 spiro atoms. The highest BCUT2D eigenvalue weighted by molar-refractivity contribution is 7.80. The van der Waals surface area contributed by atoms with Crippen LogP contribution in [0.15, 0.2) is 36.4 Å². The maximum absolute atomic E-state index is 4.81. The Kier molecular flexibility index (Phi) is 4.39. The van der Waals surface area contributed by atoms with Crippen LogP contribution in [0.5, 0.6) is 0 Å². The summed E-state index contributed by atoms with van der Waals surface area (Å²) in [6, 6.07) is 12.0. The molecule has 1 fully saturated rings. The zero-order valence-electron chi connectivity index (χ0n) is 6.99. The summed E-state index contributed by atoms with van der Waals surface area (Å²) in [6.45, 7) is 1.10. The van der Waals surface area contributed by atoms with E-state index < -0.39 is 0 Å². The van der Waals surface area contributed by atoms with Crippen LogP contribution in [-0.2, 0) is 0 Å². The Bertz CT molecular complexity index is 186. The third-order valence-electron chi connectivity index (χ3n) is 1.57.